The van der Waals surface area contributed by atoms with Crippen molar-refractivity contribution in [2.45, 2.75) is 65.0 Å². The summed E-state index contributed by atoms with van der Waals surface area (Å²) >= 11 is 0. The summed E-state index contributed by atoms with van der Waals surface area (Å²) in [4.78, 5) is 23.3. The summed E-state index contributed by atoms with van der Waals surface area (Å²) in [7, 11) is 0. The lowest BCUT2D eigenvalue weighted by molar-refractivity contribution is -0.140. The maximum atomic E-state index is 12.1. The van der Waals surface area contributed by atoms with Gasteiger partial charge in [0.25, 0.3) is 0 Å². The van der Waals surface area contributed by atoms with Gasteiger partial charge in [-0.25, -0.2) is 9.59 Å². The lowest BCUT2D eigenvalue weighted by Gasteiger charge is -2.29. The maximum absolute atomic E-state index is 12.1. The van der Waals surface area contributed by atoms with Crippen molar-refractivity contribution < 1.29 is 14.7 Å². The highest BCUT2D eigenvalue weighted by Crippen LogP contribution is 2.49. The molecule has 2 bridgehead atoms. The number of hydrogen-bond donors (Lipinski definition) is 3. The van der Waals surface area contributed by atoms with Crippen LogP contribution in [-0.2, 0) is 4.79 Å². The van der Waals surface area contributed by atoms with Gasteiger partial charge in [0, 0.05) is 6.04 Å². The number of carboxylic acid groups (broad SMARTS) is 1. The summed E-state index contributed by atoms with van der Waals surface area (Å²) < 4.78 is 0. The average molecular weight is 296 g/mol. The molecule has 5 nitrogen and oxygen atoms in total. The number of nitrogens with one attached hydrogen (secondary N) is 2. The Labute approximate surface area is 126 Å². The molecule has 6 atom stereocenters. The van der Waals surface area contributed by atoms with E-state index in [1.807, 2.05) is 20.8 Å². The number of carbonyl (C=O) groups excluding carboxylic acids is 1. The first-order valence-electron chi connectivity index (χ1n) is 8.22. The summed E-state index contributed by atoms with van der Waals surface area (Å²) in [6.45, 7) is 5.82. The van der Waals surface area contributed by atoms with Gasteiger partial charge in [0.05, 0.1) is 0 Å². The molecular weight excluding hydrogens is 268 g/mol. The van der Waals surface area contributed by atoms with Crippen LogP contribution in [0.25, 0.3) is 0 Å². The van der Waals surface area contributed by atoms with Gasteiger partial charge in [-0.05, 0) is 49.9 Å². The number of carboxylic acids is 1. The summed E-state index contributed by atoms with van der Waals surface area (Å²) in [5.41, 5.74) is 0. The van der Waals surface area contributed by atoms with E-state index in [4.69, 9.17) is 0 Å². The fourth-order valence-electron chi connectivity index (χ4n) is 4.09. The molecule has 0 spiro atoms. The van der Waals surface area contributed by atoms with Crippen molar-refractivity contribution in [3.8, 4) is 0 Å². The van der Waals surface area contributed by atoms with Gasteiger partial charge in [0.15, 0.2) is 0 Å². The van der Waals surface area contributed by atoms with Crippen LogP contribution in [0.4, 0.5) is 4.79 Å². The molecular formula is C16H28N2O3. The van der Waals surface area contributed by atoms with Crippen LogP contribution in [0.3, 0.4) is 0 Å². The highest BCUT2D eigenvalue weighted by Gasteiger charge is 2.42. The van der Waals surface area contributed by atoms with Crippen LogP contribution < -0.4 is 10.6 Å². The summed E-state index contributed by atoms with van der Waals surface area (Å²) in [6.07, 6.45) is 5.87. The molecule has 2 rings (SSSR count). The van der Waals surface area contributed by atoms with Gasteiger partial charge < -0.3 is 15.7 Å². The SMILES string of the molecule is CCC(C)C(NC(=O)NC(C)C1CC2CCC1C2)C(=O)O. The Morgan fingerprint density at radius 2 is 1.90 bits per heavy atom. The van der Waals surface area contributed by atoms with Crippen molar-refractivity contribution >= 4 is 12.0 Å². The number of urea groups is 1. The summed E-state index contributed by atoms with van der Waals surface area (Å²) in [6, 6.07) is -1.05. The van der Waals surface area contributed by atoms with E-state index in [1.54, 1.807) is 0 Å². The molecule has 0 aromatic rings. The Morgan fingerprint density at radius 3 is 2.38 bits per heavy atom. The van der Waals surface area contributed by atoms with Crippen LogP contribution in [0.1, 0.15) is 52.9 Å². The van der Waals surface area contributed by atoms with Gasteiger partial charge in [-0.3, -0.25) is 0 Å². The molecule has 3 N–H and O–H groups in total. The van der Waals surface area contributed by atoms with E-state index < -0.39 is 12.0 Å². The second-order valence-electron chi connectivity index (χ2n) is 6.95. The third kappa shape index (κ3) is 3.69. The molecule has 0 heterocycles. The molecule has 120 valence electrons. The predicted octanol–water partition coefficient (Wildman–Crippen LogP) is 2.61. The van der Waals surface area contributed by atoms with Crippen molar-refractivity contribution in [1.29, 1.82) is 0 Å². The molecule has 2 saturated carbocycles. The Morgan fingerprint density at radius 1 is 1.19 bits per heavy atom. The van der Waals surface area contributed by atoms with Gasteiger partial charge in [-0.1, -0.05) is 26.7 Å². The van der Waals surface area contributed by atoms with Crippen molar-refractivity contribution in [1.82, 2.24) is 10.6 Å². The molecule has 0 saturated heterocycles. The fourth-order valence-corrected chi connectivity index (χ4v) is 4.09. The zero-order valence-corrected chi connectivity index (χ0v) is 13.3. The van der Waals surface area contributed by atoms with E-state index in [-0.39, 0.29) is 18.0 Å². The molecule has 21 heavy (non-hydrogen) atoms. The predicted molar refractivity (Wildman–Crippen MR) is 80.9 cm³/mol. The van der Waals surface area contributed by atoms with Gasteiger partial charge in [0.1, 0.15) is 6.04 Å². The normalized spacial score (nSPS) is 31.5. The second kappa shape index (κ2) is 6.67. The van der Waals surface area contributed by atoms with Crippen molar-refractivity contribution in [3.63, 3.8) is 0 Å². The first kappa shape index (κ1) is 16.1. The smallest absolute Gasteiger partial charge is 0.326 e. The van der Waals surface area contributed by atoms with Crippen LogP contribution in [-0.4, -0.2) is 29.2 Å². The molecule has 0 aliphatic heterocycles. The zero-order chi connectivity index (χ0) is 15.6. The van der Waals surface area contributed by atoms with E-state index in [2.05, 4.69) is 10.6 Å². The quantitative estimate of drug-likeness (QED) is 0.705. The van der Waals surface area contributed by atoms with Crippen LogP contribution in [0.5, 0.6) is 0 Å². The van der Waals surface area contributed by atoms with Crippen LogP contribution in [0.2, 0.25) is 0 Å². The molecule has 2 aliphatic carbocycles. The minimum Gasteiger partial charge on any atom is -0.480 e. The van der Waals surface area contributed by atoms with E-state index in [9.17, 15) is 14.7 Å². The molecule has 6 unspecified atom stereocenters. The van der Waals surface area contributed by atoms with Crippen LogP contribution >= 0.6 is 0 Å². The first-order valence-corrected chi connectivity index (χ1v) is 8.22. The Balaban J connectivity index is 1.84. The third-order valence-corrected chi connectivity index (χ3v) is 5.56. The third-order valence-electron chi connectivity index (χ3n) is 5.56. The van der Waals surface area contributed by atoms with E-state index in [1.165, 1.54) is 25.7 Å². The number of aliphatic carboxylic acids is 1. The minimum atomic E-state index is -0.966. The molecule has 5 heteroatoms. The first-order chi connectivity index (χ1) is 9.92. The average Bonchev–Trinajstić information content (AvgIpc) is 3.06. The number of fused-ring (bicyclic) bond motifs is 2. The van der Waals surface area contributed by atoms with Gasteiger partial charge in [0.2, 0.25) is 0 Å². The Bertz CT molecular complexity index is 399. The van der Waals surface area contributed by atoms with Crippen molar-refractivity contribution in [3.05, 3.63) is 0 Å². The standard InChI is InChI=1S/C16H28N2O3/c1-4-9(2)14(15(19)20)18-16(21)17-10(3)13-8-11-5-6-12(13)7-11/h9-14H,4-8H2,1-3H3,(H,19,20)(H2,17,18,21). The van der Waals surface area contributed by atoms with E-state index in [0.717, 1.165) is 18.3 Å². The van der Waals surface area contributed by atoms with Gasteiger partial charge in [-0.15, -0.1) is 0 Å². The summed E-state index contributed by atoms with van der Waals surface area (Å²) in [5.74, 6) is 1.11. The maximum Gasteiger partial charge on any atom is 0.326 e. The highest BCUT2D eigenvalue weighted by atomic mass is 16.4. The molecule has 2 aliphatic rings. The number of hydrogen-bond acceptors (Lipinski definition) is 2. The van der Waals surface area contributed by atoms with E-state index in [0.29, 0.717) is 5.92 Å². The largest absolute Gasteiger partial charge is 0.480 e. The van der Waals surface area contributed by atoms with E-state index >= 15 is 0 Å². The number of carbonyl (C=O) groups is 2. The molecule has 2 amide bonds. The Kier molecular flexibility index (Phi) is 5.12. The second-order valence-corrected chi connectivity index (χ2v) is 6.95. The fraction of sp³-hybridized carbons (Fsp3) is 0.875. The lowest BCUT2D eigenvalue weighted by atomic mass is 9.84. The molecule has 0 aromatic heterocycles. The highest BCUT2D eigenvalue weighted by molar-refractivity contribution is 5.82. The molecule has 2 fully saturated rings. The minimum absolute atomic E-state index is 0.0777. The van der Waals surface area contributed by atoms with Crippen LogP contribution in [0.15, 0.2) is 0 Å². The van der Waals surface area contributed by atoms with Crippen LogP contribution in [0, 0.1) is 23.7 Å². The topological polar surface area (TPSA) is 78.4 Å². The summed E-state index contributed by atoms with van der Waals surface area (Å²) in [5, 5.41) is 14.8. The lowest BCUT2D eigenvalue weighted by Crippen LogP contribution is -2.52. The van der Waals surface area contributed by atoms with Gasteiger partial charge >= 0.3 is 12.0 Å². The molecule has 0 radical (unpaired) electrons. The van der Waals surface area contributed by atoms with Crippen molar-refractivity contribution in [2.75, 3.05) is 0 Å². The zero-order valence-electron chi connectivity index (χ0n) is 13.3. The van der Waals surface area contributed by atoms with Crippen molar-refractivity contribution in [2.24, 2.45) is 23.7 Å². The number of rotatable bonds is 6. The monoisotopic (exact) mass is 296 g/mol. The molecule has 0 aromatic carbocycles. The Hall–Kier alpha value is -1.26. The van der Waals surface area contributed by atoms with Gasteiger partial charge in [-0.2, -0.15) is 0 Å². The number of amides is 2.